The Bertz CT molecular complexity index is 783. The van der Waals surface area contributed by atoms with Crippen LogP contribution >= 0.6 is 0 Å². The number of carbonyl (C=O) groups is 2. The van der Waals surface area contributed by atoms with Crippen molar-refractivity contribution in [2.24, 2.45) is 17.6 Å². The first-order valence-corrected chi connectivity index (χ1v) is 9.25. The lowest BCUT2D eigenvalue weighted by atomic mass is 9.83. The van der Waals surface area contributed by atoms with E-state index in [2.05, 4.69) is 12.1 Å². The minimum Gasteiger partial charge on any atom is -0.497 e. The molecule has 2 N–H and O–H groups in total. The first-order chi connectivity index (χ1) is 13.0. The van der Waals surface area contributed by atoms with Gasteiger partial charge in [0, 0.05) is 24.9 Å². The zero-order chi connectivity index (χ0) is 19.4. The second-order valence-electron chi connectivity index (χ2n) is 7.20. The normalized spacial score (nSPS) is 16.3. The van der Waals surface area contributed by atoms with Crippen molar-refractivity contribution in [2.75, 3.05) is 20.2 Å². The lowest BCUT2D eigenvalue weighted by molar-refractivity contribution is -0.144. The summed E-state index contributed by atoms with van der Waals surface area (Å²) >= 11 is 0. The summed E-state index contributed by atoms with van der Waals surface area (Å²) in [5.74, 6) is -0.284. The van der Waals surface area contributed by atoms with E-state index in [1.165, 1.54) is 5.56 Å². The van der Waals surface area contributed by atoms with E-state index in [0.717, 1.165) is 11.3 Å². The van der Waals surface area contributed by atoms with Gasteiger partial charge in [0.25, 0.3) is 0 Å². The molecule has 1 fully saturated rings. The number of primary amides is 1. The molecule has 1 aliphatic heterocycles. The predicted octanol–water partition coefficient (Wildman–Crippen LogP) is 2.60. The molecule has 2 amide bonds. The molecule has 1 heterocycles. The van der Waals surface area contributed by atoms with E-state index in [-0.39, 0.29) is 5.91 Å². The number of benzene rings is 2. The molecule has 0 saturated carbocycles. The Kier molecular flexibility index (Phi) is 5.79. The standard InChI is InChI=1S/C22H26N2O3/c1-15(21(23)25)20(12-16-8-10-19(27-2)11-9-16)22(26)24-13-18(14-24)17-6-4-3-5-7-17/h3-11,15,18,20H,12-14H2,1-2H3,(H2,23,25)/t15?,20-/m1/s1. The number of nitrogens with zero attached hydrogens (tertiary/aromatic N) is 1. The fourth-order valence-corrected chi connectivity index (χ4v) is 3.52. The number of nitrogens with two attached hydrogens (primary N) is 1. The molecular weight excluding hydrogens is 340 g/mol. The lowest BCUT2D eigenvalue weighted by Crippen LogP contribution is -2.52. The van der Waals surface area contributed by atoms with Gasteiger partial charge in [-0.1, -0.05) is 49.4 Å². The minimum absolute atomic E-state index is 0.00398. The van der Waals surface area contributed by atoms with Crippen molar-refractivity contribution in [3.63, 3.8) is 0 Å². The second kappa shape index (κ2) is 8.25. The van der Waals surface area contributed by atoms with Crippen molar-refractivity contribution in [3.05, 3.63) is 65.7 Å². The van der Waals surface area contributed by atoms with Crippen LogP contribution in [-0.2, 0) is 16.0 Å². The van der Waals surface area contributed by atoms with Crippen molar-refractivity contribution in [3.8, 4) is 5.75 Å². The SMILES string of the molecule is COc1ccc(C[C@@H](C(=O)N2CC(c3ccccc3)C2)C(C)C(N)=O)cc1. The van der Waals surface area contributed by atoms with E-state index in [0.29, 0.717) is 25.4 Å². The summed E-state index contributed by atoms with van der Waals surface area (Å²) in [6.45, 7) is 3.11. The summed E-state index contributed by atoms with van der Waals surface area (Å²) in [6.07, 6.45) is 0.486. The number of amides is 2. The molecule has 1 aliphatic rings. The molecule has 5 heteroatoms. The maximum atomic E-state index is 13.1. The quantitative estimate of drug-likeness (QED) is 0.819. The zero-order valence-corrected chi connectivity index (χ0v) is 15.8. The molecule has 5 nitrogen and oxygen atoms in total. The summed E-state index contributed by atoms with van der Waals surface area (Å²) in [5, 5.41) is 0. The zero-order valence-electron chi connectivity index (χ0n) is 15.8. The number of methoxy groups -OCH3 is 1. The van der Waals surface area contributed by atoms with Crippen LogP contribution in [0.3, 0.4) is 0 Å². The van der Waals surface area contributed by atoms with Gasteiger partial charge in [-0.05, 0) is 29.7 Å². The minimum atomic E-state index is -0.518. The van der Waals surface area contributed by atoms with E-state index >= 15 is 0 Å². The molecule has 0 radical (unpaired) electrons. The average molecular weight is 366 g/mol. The van der Waals surface area contributed by atoms with Crippen LogP contribution in [0.5, 0.6) is 5.75 Å². The second-order valence-corrected chi connectivity index (χ2v) is 7.20. The van der Waals surface area contributed by atoms with Crippen LogP contribution in [-0.4, -0.2) is 36.9 Å². The van der Waals surface area contributed by atoms with Gasteiger partial charge >= 0.3 is 0 Å². The van der Waals surface area contributed by atoms with Gasteiger partial charge in [-0.3, -0.25) is 9.59 Å². The number of ether oxygens (including phenoxy) is 1. The fourth-order valence-electron chi connectivity index (χ4n) is 3.52. The number of likely N-dealkylation sites (tertiary alicyclic amines) is 1. The number of hydrogen-bond acceptors (Lipinski definition) is 3. The van der Waals surface area contributed by atoms with Gasteiger partial charge in [-0.15, -0.1) is 0 Å². The molecule has 27 heavy (non-hydrogen) atoms. The van der Waals surface area contributed by atoms with Gasteiger partial charge in [-0.2, -0.15) is 0 Å². The Morgan fingerprint density at radius 3 is 2.30 bits per heavy atom. The Balaban J connectivity index is 1.69. The summed E-state index contributed by atoms with van der Waals surface area (Å²) < 4.78 is 5.18. The topological polar surface area (TPSA) is 72.6 Å². The van der Waals surface area contributed by atoms with Crippen LogP contribution in [0.25, 0.3) is 0 Å². The van der Waals surface area contributed by atoms with Gasteiger partial charge in [0.15, 0.2) is 0 Å². The molecule has 2 atom stereocenters. The molecule has 2 aromatic rings. The van der Waals surface area contributed by atoms with Crippen LogP contribution in [0.2, 0.25) is 0 Å². The third-order valence-corrected chi connectivity index (χ3v) is 5.45. The Morgan fingerprint density at radius 1 is 1.11 bits per heavy atom. The molecule has 2 aromatic carbocycles. The van der Waals surface area contributed by atoms with Crippen LogP contribution in [0, 0.1) is 11.8 Å². The van der Waals surface area contributed by atoms with Gasteiger partial charge in [0.2, 0.25) is 11.8 Å². The van der Waals surface area contributed by atoms with Crippen molar-refractivity contribution in [1.29, 1.82) is 0 Å². The fraction of sp³-hybridized carbons (Fsp3) is 0.364. The van der Waals surface area contributed by atoms with Gasteiger partial charge in [-0.25, -0.2) is 0 Å². The molecule has 0 bridgehead atoms. The van der Waals surface area contributed by atoms with Crippen LogP contribution in [0.15, 0.2) is 54.6 Å². The monoisotopic (exact) mass is 366 g/mol. The first kappa shape index (κ1) is 19.0. The molecule has 142 valence electrons. The summed E-state index contributed by atoms with van der Waals surface area (Å²) in [7, 11) is 1.61. The van der Waals surface area contributed by atoms with Crippen molar-refractivity contribution in [1.82, 2.24) is 4.90 Å². The Morgan fingerprint density at radius 2 is 1.74 bits per heavy atom. The molecule has 3 rings (SSSR count). The molecule has 0 aromatic heterocycles. The van der Waals surface area contributed by atoms with E-state index in [1.807, 2.05) is 47.4 Å². The van der Waals surface area contributed by atoms with E-state index in [9.17, 15) is 9.59 Å². The van der Waals surface area contributed by atoms with Gasteiger partial charge in [0.05, 0.1) is 13.0 Å². The largest absolute Gasteiger partial charge is 0.497 e. The highest BCUT2D eigenvalue weighted by Gasteiger charge is 2.38. The van der Waals surface area contributed by atoms with Crippen molar-refractivity contribution < 1.29 is 14.3 Å². The van der Waals surface area contributed by atoms with Crippen LogP contribution in [0.4, 0.5) is 0 Å². The van der Waals surface area contributed by atoms with E-state index in [4.69, 9.17) is 10.5 Å². The van der Waals surface area contributed by atoms with Gasteiger partial charge in [0.1, 0.15) is 5.75 Å². The first-order valence-electron chi connectivity index (χ1n) is 9.25. The van der Waals surface area contributed by atoms with E-state index < -0.39 is 17.7 Å². The van der Waals surface area contributed by atoms with Crippen LogP contribution in [0.1, 0.15) is 24.0 Å². The van der Waals surface area contributed by atoms with Gasteiger partial charge < -0.3 is 15.4 Å². The maximum Gasteiger partial charge on any atom is 0.226 e. The smallest absolute Gasteiger partial charge is 0.226 e. The summed E-state index contributed by atoms with van der Waals surface area (Å²) in [6, 6.07) is 17.8. The Hall–Kier alpha value is -2.82. The van der Waals surface area contributed by atoms with Crippen LogP contribution < -0.4 is 10.5 Å². The summed E-state index contributed by atoms with van der Waals surface area (Å²) in [4.78, 5) is 26.7. The number of rotatable bonds is 7. The molecule has 1 unspecified atom stereocenters. The highest BCUT2D eigenvalue weighted by molar-refractivity contribution is 5.87. The highest BCUT2D eigenvalue weighted by Crippen LogP contribution is 2.30. The van der Waals surface area contributed by atoms with Crippen molar-refractivity contribution in [2.45, 2.75) is 19.3 Å². The third kappa shape index (κ3) is 4.30. The summed E-state index contributed by atoms with van der Waals surface area (Å²) in [5.41, 5.74) is 7.76. The molecule has 0 aliphatic carbocycles. The molecule has 1 saturated heterocycles. The molecule has 0 spiro atoms. The maximum absolute atomic E-state index is 13.1. The highest BCUT2D eigenvalue weighted by atomic mass is 16.5. The lowest BCUT2D eigenvalue weighted by Gasteiger charge is -2.42. The van der Waals surface area contributed by atoms with Crippen molar-refractivity contribution >= 4 is 11.8 Å². The van der Waals surface area contributed by atoms with E-state index in [1.54, 1.807) is 14.0 Å². The average Bonchev–Trinajstić information content (AvgIpc) is 2.65. The third-order valence-electron chi connectivity index (χ3n) is 5.45. The Labute approximate surface area is 160 Å². The number of hydrogen-bond donors (Lipinski definition) is 1. The number of carbonyl (C=O) groups excluding carboxylic acids is 2. The predicted molar refractivity (Wildman–Crippen MR) is 104 cm³/mol. The molecular formula is C22H26N2O3.